The van der Waals surface area contributed by atoms with Gasteiger partial charge in [0.2, 0.25) is 0 Å². The van der Waals surface area contributed by atoms with Gasteiger partial charge in [-0.3, -0.25) is 0 Å². The zero-order valence-corrected chi connectivity index (χ0v) is 11.2. The van der Waals surface area contributed by atoms with Crippen LogP contribution in [-0.2, 0) is 0 Å². The Morgan fingerprint density at radius 1 is 1.39 bits per heavy atom. The number of hydrogen-bond acceptors (Lipinski definition) is 3. The van der Waals surface area contributed by atoms with Crippen molar-refractivity contribution in [1.29, 1.82) is 0 Å². The Bertz CT molecular complexity index is 377. The van der Waals surface area contributed by atoms with E-state index in [0.29, 0.717) is 6.54 Å². The molecule has 0 aliphatic heterocycles. The highest BCUT2D eigenvalue weighted by Crippen LogP contribution is 2.36. The highest BCUT2D eigenvalue weighted by Gasteiger charge is 2.27. The summed E-state index contributed by atoms with van der Waals surface area (Å²) in [5, 5.41) is 13.4. The summed E-state index contributed by atoms with van der Waals surface area (Å²) in [6.07, 6.45) is 2.29. The molecule has 100 valence electrons. The van der Waals surface area contributed by atoms with Crippen LogP contribution >= 0.6 is 0 Å². The lowest BCUT2D eigenvalue weighted by atomic mass is 10.1. The zero-order valence-electron chi connectivity index (χ0n) is 11.2. The van der Waals surface area contributed by atoms with Crippen molar-refractivity contribution in [3.8, 4) is 5.75 Å². The molecule has 1 aliphatic carbocycles. The van der Waals surface area contributed by atoms with E-state index in [4.69, 9.17) is 4.74 Å². The van der Waals surface area contributed by atoms with Gasteiger partial charge < -0.3 is 15.2 Å². The third-order valence-corrected chi connectivity index (χ3v) is 3.71. The molecule has 1 aromatic carbocycles. The molecule has 2 unspecified atom stereocenters. The van der Waals surface area contributed by atoms with Crippen LogP contribution in [0.3, 0.4) is 0 Å². The molecule has 0 amide bonds. The molecule has 1 aliphatic rings. The van der Waals surface area contributed by atoms with Crippen molar-refractivity contribution in [2.24, 2.45) is 11.8 Å². The number of rotatable bonds is 7. The molecule has 0 aromatic heterocycles. The minimum absolute atomic E-state index is 0.466. The molecule has 1 aromatic rings. The molecule has 1 saturated carbocycles. The van der Waals surface area contributed by atoms with Gasteiger partial charge in [0.05, 0.1) is 13.2 Å². The fraction of sp³-hybridized carbons (Fsp3) is 0.600. The van der Waals surface area contributed by atoms with Gasteiger partial charge in [-0.05, 0) is 48.9 Å². The fourth-order valence-electron chi connectivity index (χ4n) is 2.25. The van der Waals surface area contributed by atoms with Gasteiger partial charge in [-0.1, -0.05) is 19.1 Å². The summed E-state index contributed by atoms with van der Waals surface area (Å²) in [6, 6.07) is 7.61. The Morgan fingerprint density at radius 2 is 2.17 bits per heavy atom. The lowest BCUT2D eigenvalue weighted by Gasteiger charge is -2.15. The lowest BCUT2D eigenvalue weighted by molar-refractivity contribution is 0.172. The van der Waals surface area contributed by atoms with Crippen LogP contribution in [0.25, 0.3) is 0 Å². The van der Waals surface area contributed by atoms with E-state index in [-0.39, 0.29) is 0 Å². The summed E-state index contributed by atoms with van der Waals surface area (Å²) in [4.78, 5) is 0. The third kappa shape index (κ3) is 3.72. The first-order valence-corrected chi connectivity index (χ1v) is 6.73. The lowest BCUT2D eigenvalue weighted by Crippen LogP contribution is -2.27. The van der Waals surface area contributed by atoms with Crippen molar-refractivity contribution in [3.05, 3.63) is 29.8 Å². The van der Waals surface area contributed by atoms with Crippen molar-refractivity contribution in [2.45, 2.75) is 25.9 Å². The van der Waals surface area contributed by atoms with Crippen LogP contribution in [0.1, 0.15) is 31.4 Å². The molecule has 3 nitrogen and oxygen atoms in total. The second-order valence-corrected chi connectivity index (χ2v) is 5.27. The average Bonchev–Trinajstić information content (AvgIpc) is 3.23. The minimum Gasteiger partial charge on any atom is -0.497 e. The summed E-state index contributed by atoms with van der Waals surface area (Å²) in [5.74, 6) is 2.42. The molecule has 2 rings (SSSR count). The van der Waals surface area contributed by atoms with E-state index in [2.05, 4.69) is 12.2 Å². The summed E-state index contributed by atoms with van der Waals surface area (Å²) in [7, 11) is 1.64. The highest BCUT2D eigenvalue weighted by atomic mass is 16.5. The van der Waals surface area contributed by atoms with E-state index in [9.17, 15) is 5.11 Å². The predicted octanol–water partition coefficient (Wildman–Crippen LogP) is 2.36. The van der Waals surface area contributed by atoms with Gasteiger partial charge in [0.1, 0.15) is 5.75 Å². The monoisotopic (exact) mass is 249 g/mol. The predicted molar refractivity (Wildman–Crippen MR) is 72.7 cm³/mol. The maximum Gasteiger partial charge on any atom is 0.119 e. The van der Waals surface area contributed by atoms with Crippen LogP contribution in [0.2, 0.25) is 0 Å². The van der Waals surface area contributed by atoms with Gasteiger partial charge in [-0.15, -0.1) is 0 Å². The van der Waals surface area contributed by atoms with Crippen molar-refractivity contribution in [3.63, 3.8) is 0 Å². The average molecular weight is 249 g/mol. The van der Waals surface area contributed by atoms with Gasteiger partial charge in [0, 0.05) is 6.54 Å². The fourth-order valence-corrected chi connectivity index (χ4v) is 2.25. The van der Waals surface area contributed by atoms with Crippen LogP contribution in [0, 0.1) is 11.8 Å². The molecule has 0 bridgehead atoms. The molecule has 0 spiro atoms. The van der Waals surface area contributed by atoms with Crippen molar-refractivity contribution in [1.82, 2.24) is 5.32 Å². The Hall–Kier alpha value is -1.06. The second kappa shape index (κ2) is 6.21. The maximum atomic E-state index is 10.1. The quantitative estimate of drug-likeness (QED) is 0.779. The first-order valence-electron chi connectivity index (χ1n) is 6.73. The normalized spacial score (nSPS) is 18.4. The molecule has 0 radical (unpaired) electrons. The second-order valence-electron chi connectivity index (χ2n) is 5.27. The number of hydrogen-bond donors (Lipinski definition) is 2. The van der Waals surface area contributed by atoms with Gasteiger partial charge >= 0.3 is 0 Å². The number of aliphatic hydroxyl groups excluding tert-OH is 1. The number of aliphatic hydroxyl groups is 1. The molecule has 3 heteroatoms. The van der Waals surface area contributed by atoms with Gasteiger partial charge in [0.15, 0.2) is 0 Å². The molecule has 1 fully saturated rings. The Balaban J connectivity index is 1.77. The van der Waals surface area contributed by atoms with Gasteiger partial charge in [0.25, 0.3) is 0 Å². The van der Waals surface area contributed by atoms with Crippen LogP contribution in [0.15, 0.2) is 24.3 Å². The van der Waals surface area contributed by atoms with E-state index in [1.807, 2.05) is 24.3 Å². The number of nitrogens with one attached hydrogen (secondary N) is 1. The first kappa shape index (κ1) is 13.4. The molecule has 2 N–H and O–H groups in total. The maximum absolute atomic E-state index is 10.1. The van der Waals surface area contributed by atoms with Gasteiger partial charge in [-0.25, -0.2) is 0 Å². The highest BCUT2D eigenvalue weighted by molar-refractivity contribution is 5.29. The van der Waals surface area contributed by atoms with Crippen molar-refractivity contribution < 1.29 is 9.84 Å². The molecule has 2 atom stereocenters. The molecule has 0 heterocycles. The van der Waals surface area contributed by atoms with Gasteiger partial charge in [-0.2, -0.15) is 0 Å². The SMILES string of the molecule is COc1cccc(C(O)CNCC(C)C2CC2)c1. The van der Waals surface area contributed by atoms with E-state index in [1.165, 1.54) is 12.8 Å². The molecular weight excluding hydrogens is 226 g/mol. The zero-order chi connectivity index (χ0) is 13.0. The van der Waals surface area contributed by atoms with Crippen LogP contribution in [0.4, 0.5) is 0 Å². The first-order chi connectivity index (χ1) is 8.70. The van der Waals surface area contributed by atoms with E-state index < -0.39 is 6.10 Å². The molecular formula is C15H23NO2. The van der Waals surface area contributed by atoms with Crippen molar-refractivity contribution >= 4 is 0 Å². The Morgan fingerprint density at radius 3 is 2.83 bits per heavy atom. The number of ether oxygens (including phenoxy) is 1. The largest absolute Gasteiger partial charge is 0.497 e. The smallest absolute Gasteiger partial charge is 0.119 e. The van der Waals surface area contributed by atoms with Crippen molar-refractivity contribution in [2.75, 3.05) is 20.2 Å². The standard InChI is InChI=1S/C15H23NO2/c1-11(12-6-7-12)9-16-10-15(17)13-4-3-5-14(8-13)18-2/h3-5,8,11-12,15-17H,6-7,9-10H2,1-2H3. The van der Waals surface area contributed by atoms with E-state index in [1.54, 1.807) is 7.11 Å². The summed E-state index contributed by atoms with van der Waals surface area (Å²) >= 11 is 0. The summed E-state index contributed by atoms with van der Waals surface area (Å²) < 4.78 is 5.16. The molecule has 18 heavy (non-hydrogen) atoms. The van der Waals surface area contributed by atoms with Crippen LogP contribution < -0.4 is 10.1 Å². The van der Waals surface area contributed by atoms with Crippen LogP contribution in [0.5, 0.6) is 5.75 Å². The van der Waals surface area contributed by atoms with Crippen LogP contribution in [-0.4, -0.2) is 25.3 Å². The Labute approximate surface area is 109 Å². The van der Waals surface area contributed by atoms with E-state index in [0.717, 1.165) is 29.7 Å². The third-order valence-electron chi connectivity index (χ3n) is 3.71. The molecule has 0 saturated heterocycles. The number of benzene rings is 1. The number of methoxy groups -OCH3 is 1. The Kier molecular flexibility index (Phi) is 4.61. The minimum atomic E-state index is -0.466. The van der Waals surface area contributed by atoms with E-state index >= 15 is 0 Å². The topological polar surface area (TPSA) is 41.5 Å². The summed E-state index contributed by atoms with van der Waals surface area (Å²) in [6.45, 7) is 3.87. The summed E-state index contributed by atoms with van der Waals surface area (Å²) in [5.41, 5.74) is 0.904.